The fraction of sp³-hybridized carbons (Fsp3) is 0.909. The van der Waals surface area contributed by atoms with Crippen molar-refractivity contribution in [3.8, 4) is 0 Å². The van der Waals surface area contributed by atoms with Crippen molar-refractivity contribution in [3.63, 3.8) is 0 Å². The van der Waals surface area contributed by atoms with Gasteiger partial charge in [-0.3, -0.25) is 9.59 Å². The lowest BCUT2D eigenvalue weighted by Gasteiger charge is -2.43. The number of unbranched alkanes of at least 4 members (excludes halogenated alkanes) is 6. The van der Waals surface area contributed by atoms with E-state index in [1.54, 1.807) is 0 Å². The molecule has 4 fully saturated rings. The minimum Gasteiger partial charge on any atom is -0.465 e. The fourth-order valence-corrected chi connectivity index (χ4v) is 5.08. The van der Waals surface area contributed by atoms with Crippen molar-refractivity contribution in [2.75, 3.05) is 13.2 Å². The van der Waals surface area contributed by atoms with Crippen LogP contribution in [0.1, 0.15) is 78.1 Å². The van der Waals surface area contributed by atoms with Crippen LogP contribution >= 0.6 is 0 Å². The van der Waals surface area contributed by atoms with Crippen molar-refractivity contribution >= 4 is 11.9 Å². The molecule has 1 saturated heterocycles. The summed E-state index contributed by atoms with van der Waals surface area (Å²) in [7, 11) is 0. The van der Waals surface area contributed by atoms with Gasteiger partial charge in [-0.25, -0.2) is 0 Å². The Hall–Kier alpha value is -1.10. The third kappa shape index (κ3) is 4.85. The summed E-state index contributed by atoms with van der Waals surface area (Å²) in [5.74, 6) is -0.906. The van der Waals surface area contributed by atoms with E-state index in [2.05, 4.69) is 13.8 Å². The quantitative estimate of drug-likeness (QED) is 0.287. The van der Waals surface area contributed by atoms with Gasteiger partial charge in [0.2, 0.25) is 0 Å². The molecule has 0 radical (unpaired) electrons. The van der Waals surface area contributed by atoms with Crippen LogP contribution in [-0.2, 0) is 23.8 Å². The molecule has 4 rings (SSSR count). The van der Waals surface area contributed by atoms with E-state index in [1.165, 1.54) is 0 Å². The average molecular weight is 381 g/mol. The van der Waals surface area contributed by atoms with Crippen molar-refractivity contribution in [1.82, 2.24) is 0 Å². The fourth-order valence-electron chi connectivity index (χ4n) is 5.08. The molecule has 4 aliphatic rings. The van der Waals surface area contributed by atoms with Gasteiger partial charge in [-0.05, 0) is 25.7 Å². The second-order valence-corrected chi connectivity index (χ2v) is 8.48. The highest BCUT2D eigenvalue weighted by Gasteiger charge is 2.67. The summed E-state index contributed by atoms with van der Waals surface area (Å²) in [4.78, 5) is 25.7. The van der Waals surface area contributed by atoms with E-state index < -0.39 is 0 Å². The van der Waals surface area contributed by atoms with Gasteiger partial charge >= 0.3 is 11.9 Å². The molecule has 0 spiro atoms. The van der Waals surface area contributed by atoms with Crippen LogP contribution in [0.25, 0.3) is 0 Å². The molecule has 6 atom stereocenters. The molecule has 6 unspecified atom stereocenters. The zero-order chi connectivity index (χ0) is 19.2. The molecule has 5 nitrogen and oxygen atoms in total. The van der Waals surface area contributed by atoms with Crippen molar-refractivity contribution in [2.24, 2.45) is 23.7 Å². The number of hydrogen-bond acceptors (Lipinski definition) is 5. The molecule has 1 heterocycles. The zero-order valence-corrected chi connectivity index (χ0v) is 17.0. The third-order valence-electron chi connectivity index (χ3n) is 6.58. The average Bonchev–Trinajstić information content (AvgIpc) is 3.49. The van der Waals surface area contributed by atoms with Crippen LogP contribution in [0.3, 0.4) is 0 Å². The number of rotatable bonds is 12. The number of fused-ring (bicyclic) bond motifs is 2. The molecular weight excluding hydrogens is 344 g/mol. The Morgan fingerprint density at radius 3 is 1.59 bits per heavy atom. The summed E-state index contributed by atoms with van der Waals surface area (Å²) in [5, 5.41) is 0. The van der Waals surface area contributed by atoms with E-state index in [1.807, 2.05) is 0 Å². The highest BCUT2D eigenvalue weighted by molar-refractivity contribution is 5.83. The molecule has 0 amide bonds. The van der Waals surface area contributed by atoms with Crippen LogP contribution in [0.15, 0.2) is 0 Å². The van der Waals surface area contributed by atoms with Crippen LogP contribution in [0.2, 0.25) is 0 Å². The summed E-state index contributed by atoms with van der Waals surface area (Å²) in [6.07, 6.45) is 10.8. The molecule has 0 N–H and O–H groups in total. The first-order valence-electron chi connectivity index (χ1n) is 11.2. The van der Waals surface area contributed by atoms with Crippen LogP contribution in [0, 0.1) is 23.7 Å². The predicted molar refractivity (Wildman–Crippen MR) is 102 cm³/mol. The van der Waals surface area contributed by atoms with Gasteiger partial charge in [0.15, 0.2) is 0 Å². The Morgan fingerprint density at radius 1 is 0.741 bits per heavy atom. The number of hydrogen-bond donors (Lipinski definition) is 0. The van der Waals surface area contributed by atoms with Crippen LogP contribution < -0.4 is 0 Å². The molecule has 0 aromatic rings. The molecule has 2 bridgehead atoms. The summed E-state index contributed by atoms with van der Waals surface area (Å²) < 4.78 is 17.0. The Balaban J connectivity index is 1.54. The molecule has 3 aliphatic carbocycles. The molecule has 154 valence electrons. The van der Waals surface area contributed by atoms with Crippen LogP contribution in [0.4, 0.5) is 0 Å². The Morgan fingerprint density at radius 2 is 1.19 bits per heavy atom. The lowest BCUT2D eigenvalue weighted by Crippen LogP contribution is -2.52. The van der Waals surface area contributed by atoms with Crippen molar-refractivity contribution < 1.29 is 23.8 Å². The molecule has 0 aromatic heterocycles. The first-order chi connectivity index (χ1) is 13.2. The Bertz CT molecular complexity index is 461. The van der Waals surface area contributed by atoms with E-state index in [-0.39, 0.29) is 47.8 Å². The molecule has 1 aliphatic heterocycles. The van der Waals surface area contributed by atoms with Gasteiger partial charge in [0, 0.05) is 11.8 Å². The largest absolute Gasteiger partial charge is 0.465 e. The van der Waals surface area contributed by atoms with Crippen molar-refractivity contribution in [3.05, 3.63) is 0 Å². The second kappa shape index (κ2) is 9.90. The van der Waals surface area contributed by atoms with E-state index >= 15 is 0 Å². The maximum absolute atomic E-state index is 12.8. The number of ether oxygens (including phenoxy) is 3. The topological polar surface area (TPSA) is 65.1 Å². The second-order valence-electron chi connectivity index (χ2n) is 8.48. The summed E-state index contributed by atoms with van der Waals surface area (Å²) in [5.41, 5.74) is 0. The van der Waals surface area contributed by atoms with Gasteiger partial charge in [-0.15, -0.1) is 0 Å². The normalized spacial score (nSPS) is 33.4. The summed E-state index contributed by atoms with van der Waals surface area (Å²) in [6, 6.07) is 0. The number of carbonyl (C=O) groups is 2. The lowest BCUT2D eigenvalue weighted by molar-refractivity contribution is -0.171. The molecule has 3 saturated carbocycles. The monoisotopic (exact) mass is 380 g/mol. The van der Waals surface area contributed by atoms with E-state index in [0.29, 0.717) is 13.2 Å². The lowest BCUT2D eigenvalue weighted by atomic mass is 9.58. The first kappa shape index (κ1) is 20.6. The predicted octanol–water partition coefficient (Wildman–Crippen LogP) is 4.27. The maximum atomic E-state index is 12.8. The van der Waals surface area contributed by atoms with E-state index in [9.17, 15) is 9.59 Å². The smallest absolute Gasteiger partial charge is 0.310 e. The van der Waals surface area contributed by atoms with Gasteiger partial charge < -0.3 is 14.2 Å². The molecule has 5 heteroatoms. The highest BCUT2D eigenvalue weighted by atomic mass is 16.6. The molecule has 0 aromatic carbocycles. The third-order valence-corrected chi connectivity index (χ3v) is 6.58. The Labute approximate surface area is 163 Å². The standard InChI is InChI=1S/C22H36O5/c1-3-5-7-9-13-25-21(23)17-15-11-12-16(20-19(15)27-20)18(17)22(24)26-14-10-8-6-4-2/h15-20H,3-14H2,1-2H3. The summed E-state index contributed by atoms with van der Waals surface area (Å²) in [6.45, 7) is 5.24. The number of esters is 2. The van der Waals surface area contributed by atoms with Crippen molar-refractivity contribution in [1.29, 1.82) is 0 Å². The zero-order valence-electron chi connectivity index (χ0n) is 17.0. The van der Waals surface area contributed by atoms with E-state index in [4.69, 9.17) is 14.2 Å². The van der Waals surface area contributed by atoms with Gasteiger partial charge in [0.05, 0.1) is 37.3 Å². The SMILES string of the molecule is CCCCCCOC(=O)C1C2CCC(C3OC23)C1C(=O)OCCCCCC. The molecule has 27 heavy (non-hydrogen) atoms. The van der Waals surface area contributed by atoms with E-state index in [0.717, 1.165) is 64.2 Å². The first-order valence-corrected chi connectivity index (χ1v) is 11.2. The minimum atomic E-state index is -0.373. The number of carbonyl (C=O) groups excluding carboxylic acids is 2. The van der Waals surface area contributed by atoms with Gasteiger partial charge in [-0.2, -0.15) is 0 Å². The minimum absolute atomic E-state index is 0.126. The van der Waals surface area contributed by atoms with Crippen molar-refractivity contribution in [2.45, 2.75) is 90.3 Å². The Kier molecular flexibility index (Phi) is 7.57. The van der Waals surface area contributed by atoms with Gasteiger partial charge in [-0.1, -0.05) is 52.4 Å². The van der Waals surface area contributed by atoms with Crippen LogP contribution in [-0.4, -0.2) is 37.4 Å². The highest BCUT2D eigenvalue weighted by Crippen LogP contribution is 2.58. The van der Waals surface area contributed by atoms with Crippen LogP contribution in [0.5, 0.6) is 0 Å². The van der Waals surface area contributed by atoms with Gasteiger partial charge in [0.25, 0.3) is 0 Å². The molecular formula is C22H36O5. The maximum Gasteiger partial charge on any atom is 0.310 e. The van der Waals surface area contributed by atoms with Gasteiger partial charge in [0.1, 0.15) is 0 Å². The summed E-state index contributed by atoms with van der Waals surface area (Å²) >= 11 is 0. The number of epoxide rings is 1.